The van der Waals surface area contributed by atoms with E-state index in [9.17, 15) is 14.0 Å². The lowest BCUT2D eigenvalue weighted by atomic mass is 10.2. The van der Waals surface area contributed by atoms with Gasteiger partial charge in [0.25, 0.3) is 11.1 Å². The Balaban J connectivity index is 1.45. The molecular formula is C20H18FN3O5S. The molecule has 8 nitrogen and oxygen atoms in total. The van der Waals surface area contributed by atoms with Crippen LogP contribution in [0.4, 0.5) is 10.1 Å². The molecule has 0 unspecified atom stereocenters. The predicted molar refractivity (Wildman–Crippen MR) is 107 cm³/mol. The van der Waals surface area contributed by atoms with Crippen LogP contribution in [0.3, 0.4) is 0 Å². The maximum absolute atomic E-state index is 13.5. The molecule has 0 aliphatic heterocycles. The zero-order chi connectivity index (χ0) is 21.3. The molecule has 10 heteroatoms. The lowest BCUT2D eigenvalue weighted by Crippen LogP contribution is -2.14. The Morgan fingerprint density at radius 1 is 1.13 bits per heavy atom. The highest BCUT2D eigenvalue weighted by Gasteiger charge is 2.12. The van der Waals surface area contributed by atoms with Crippen LogP contribution in [0.25, 0.3) is 0 Å². The predicted octanol–water partition coefficient (Wildman–Crippen LogP) is 3.70. The number of thioether (sulfide) groups is 1. The summed E-state index contributed by atoms with van der Waals surface area (Å²) in [6.07, 6.45) is 0. The average molecular weight is 431 g/mol. The normalized spacial score (nSPS) is 10.5. The van der Waals surface area contributed by atoms with E-state index in [0.29, 0.717) is 17.9 Å². The Labute approximate surface area is 175 Å². The third-order valence-corrected chi connectivity index (χ3v) is 4.46. The number of ether oxygens (including phenoxy) is 2. The van der Waals surface area contributed by atoms with Crippen LogP contribution >= 0.6 is 11.8 Å². The quantitative estimate of drug-likeness (QED) is 0.404. The van der Waals surface area contributed by atoms with Gasteiger partial charge in [0.05, 0.1) is 17.9 Å². The van der Waals surface area contributed by atoms with Crippen LogP contribution in [-0.2, 0) is 16.1 Å². The fourth-order valence-corrected chi connectivity index (χ4v) is 2.86. The maximum atomic E-state index is 13.5. The van der Waals surface area contributed by atoms with Crippen molar-refractivity contribution < 1.29 is 27.9 Å². The second-order valence-electron chi connectivity index (χ2n) is 5.82. The fourth-order valence-electron chi connectivity index (χ4n) is 2.28. The van der Waals surface area contributed by atoms with Crippen LogP contribution < -0.4 is 10.1 Å². The fraction of sp³-hybridized carbons (Fsp3) is 0.200. The lowest BCUT2D eigenvalue weighted by molar-refractivity contribution is -0.113. The lowest BCUT2D eigenvalue weighted by Gasteiger charge is -2.05. The van der Waals surface area contributed by atoms with Crippen LogP contribution in [0, 0.1) is 5.82 Å². The summed E-state index contributed by atoms with van der Waals surface area (Å²) in [5.41, 5.74) is 0.943. The number of nitrogens with zero attached hydrogens (tertiary/aromatic N) is 2. The van der Waals surface area contributed by atoms with Crippen molar-refractivity contribution in [2.45, 2.75) is 18.8 Å². The van der Waals surface area contributed by atoms with E-state index in [4.69, 9.17) is 13.9 Å². The number of carbonyl (C=O) groups is 2. The first-order chi connectivity index (χ1) is 14.5. The number of para-hydroxylation sites is 1. The van der Waals surface area contributed by atoms with Gasteiger partial charge in [-0.2, -0.15) is 0 Å². The Hall–Kier alpha value is -3.40. The number of halogens is 1. The molecule has 0 saturated carbocycles. The number of hydrogen-bond donors (Lipinski definition) is 1. The maximum Gasteiger partial charge on any atom is 0.338 e. The van der Waals surface area contributed by atoms with E-state index < -0.39 is 11.8 Å². The van der Waals surface area contributed by atoms with Gasteiger partial charge < -0.3 is 19.2 Å². The first-order valence-electron chi connectivity index (χ1n) is 8.94. The number of aromatic nitrogens is 2. The van der Waals surface area contributed by atoms with E-state index in [1.807, 2.05) is 0 Å². The van der Waals surface area contributed by atoms with Crippen LogP contribution in [0.15, 0.2) is 58.2 Å². The van der Waals surface area contributed by atoms with Crippen LogP contribution in [0.5, 0.6) is 5.75 Å². The Morgan fingerprint density at radius 2 is 1.90 bits per heavy atom. The number of rotatable bonds is 9. The molecule has 0 radical (unpaired) electrons. The molecule has 1 amide bonds. The minimum atomic E-state index is -0.487. The minimum absolute atomic E-state index is 0.0371. The third kappa shape index (κ3) is 6.05. The largest absolute Gasteiger partial charge is 0.481 e. The van der Waals surface area contributed by atoms with Crippen LogP contribution in [-0.4, -0.2) is 34.4 Å². The van der Waals surface area contributed by atoms with Crippen LogP contribution in [0.1, 0.15) is 23.2 Å². The smallest absolute Gasteiger partial charge is 0.338 e. The minimum Gasteiger partial charge on any atom is -0.481 e. The molecule has 2 aromatic carbocycles. The second kappa shape index (κ2) is 10.4. The van der Waals surface area contributed by atoms with Gasteiger partial charge in [0.15, 0.2) is 18.2 Å². The van der Waals surface area contributed by atoms with Crippen molar-refractivity contribution in [2.24, 2.45) is 0 Å². The van der Waals surface area contributed by atoms with Crippen molar-refractivity contribution in [1.82, 2.24) is 10.2 Å². The summed E-state index contributed by atoms with van der Waals surface area (Å²) in [5.74, 6) is -0.911. The van der Waals surface area contributed by atoms with Gasteiger partial charge in [-0.25, -0.2) is 9.18 Å². The summed E-state index contributed by atoms with van der Waals surface area (Å²) in [6, 6.07) is 12.3. The molecule has 3 aromatic rings. The van der Waals surface area contributed by atoms with Gasteiger partial charge in [0.2, 0.25) is 5.91 Å². The molecule has 1 N–H and O–H groups in total. The molecule has 0 atom stereocenters. The van der Waals surface area contributed by atoms with Gasteiger partial charge in [0, 0.05) is 5.69 Å². The molecule has 0 spiro atoms. The number of anilines is 1. The molecule has 0 aliphatic carbocycles. The molecule has 0 saturated heterocycles. The molecule has 0 fully saturated rings. The van der Waals surface area contributed by atoms with E-state index in [0.717, 1.165) is 11.8 Å². The Bertz CT molecular complexity index is 1010. The number of nitrogens with one attached hydrogen (secondary N) is 1. The molecule has 3 rings (SSSR count). The van der Waals surface area contributed by atoms with Gasteiger partial charge in [-0.3, -0.25) is 4.79 Å². The van der Waals surface area contributed by atoms with Gasteiger partial charge in [-0.05, 0) is 43.3 Å². The molecule has 1 heterocycles. The Morgan fingerprint density at radius 3 is 2.63 bits per heavy atom. The van der Waals surface area contributed by atoms with E-state index in [1.165, 1.54) is 12.1 Å². The van der Waals surface area contributed by atoms with Crippen molar-refractivity contribution in [2.75, 3.05) is 17.7 Å². The number of carbonyl (C=O) groups excluding carboxylic acids is 2. The van der Waals surface area contributed by atoms with Gasteiger partial charge in [0.1, 0.15) is 0 Å². The zero-order valence-corrected chi connectivity index (χ0v) is 16.8. The topological polar surface area (TPSA) is 104 Å². The van der Waals surface area contributed by atoms with Crippen molar-refractivity contribution in [1.29, 1.82) is 0 Å². The second-order valence-corrected chi connectivity index (χ2v) is 6.74. The zero-order valence-electron chi connectivity index (χ0n) is 16.0. The monoisotopic (exact) mass is 431 g/mol. The van der Waals surface area contributed by atoms with E-state index in [2.05, 4.69) is 15.5 Å². The molecule has 0 bridgehead atoms. The summed E-state index contributed by atoms with van der Waals surface area (Å²) >= 11 is 1.05. The first kappa shape index (κ1) is 21.3. The van der Waals surface area contributed by atoms with Crippen molar-refractivity contribution >= 4 is 29.3 Å². The van der Waals surface area contributed by atoms with Gasteiger partial charge in [-0.1, -0.05) is 23.9 Å². The number of amides is 1. The van der Waals surface area contributed by atoms with E-state index >= 15 is 0 Å². The van der Waals surface area contributed by atoms with Crippen molar-refractivity contribution in [3.05, 3.63) is 65.8 Å². The summed E-state index contributed by atoms with van der Waals surface area (Å²) in [5, 5.41) is 10.5. The summed E-state index contributed by atoms with van der Waals surface area (Å²) < 4.78 is 29.1. The standard InChI is InChI=1S/C20H18FN3O5S/c1-2-27-19(26)13-7-9-14(10-8-13)22-17(25)12-30-20-24-23-18(29-20)11-28-16-6-4-3-5-15(16)21/h3-10H,2,11-12H2,1H3,(H,22,25). The molecule has 30 heavy (non-hydrogen) atoms. The van der Waals surface area contributed by atoms with Crippen molar-refractivity contribution in [3.8, 4) is 5.75 Å². The SMILES string of the molecule is CCOC(=O)c1ccc(NC(=O)CSc2nnc(COc3ccccc3F)o2)cc1. The molecular weight excluding hydrogens is 413 g/mol. The highest BCUT2D eigenvalue weighted by atomic mass is 32.2. The van der Waals surface area contributed by atoms with E-state index in [1.54, 1.807) is 43.3 Å². The first-order valence-corrected chi connectivity index (χ1v) is 9.93. The number of hydrogen-bond acceptors (Lipinski definition) is 8. The average Bonchev–Trinajstić information content (AvgIpc) is 3.20. The third-order valence-electron chi connectivity index (χ3n) is 3.64. The summed E-state index contributed by atoms with van der Waals surface area (Å²) in [7, 11) is 0. The van der Waals surface area contributed by atoms with Crippen molar-refractivity contribution in [3.63, 3.8) is 0 Å². The molecule has 156 valence electrons. The number of esters is 1. The van der Waals surface area contributed by atoms with E-state index in [-0.39, 0.29) is 35.1 Å². The highest BCUT2D eigenvalue weighted by Crippen LogP contribution is 2.20. The van der Waals surface area contributed by atoms with Gasteiger partial charge in [-0.15, -0.1) is 10.2 Å². The summed E-state index contributed by atoms with van der Waals surface area (Å²) in [4.78, 5) is 23.7. The summed E-state index contributed by atoms with van der Waals surface area (Å²) in [6.45, 7) is 1.93. The van der Waals surface area contributed by atoms with Crippen LogP contribution in [0.2, 0.25) is 0 Å². The molecule has 1 aromatic heterocycles. The Kier molecular flexibility index (Phi) is 7.39. The number of benzene rings is 2. The van der Waals surface area contributed by atoms with Gasteiger partial charge >= 0.3 is 5.97 Å². The highest BCUT2D eigenvalue weighted by molar-refractivity contribution is 7.99. The molecule has 0 aliphatic rings.